The highest BCUT2D eigenvalue weighted by atomic mass is 14.5. The first-order valence-electron chi connectivity index (χ1n) is 5.87. The molecule has 0 spiro atoms. The summed E-state index contributed by atoms with van der Waals surface area (Å²) < 4.78 is 0. The molecule has 0 aliphatic heterocycles. The van der Waals surface area contributed by atoms with Gasteiger partial charge in [0, 0.05) is 0 Å². The summed E-state index contributed by atoms with van der Waals surface area (Å²) in [5, 5.41) is 0. The second-order valence-electron chi connectivity index (χ2n) is 4.89. The zero-order chi connectivity index (χ0) is 11.1. The quantitative estimate of drug-likeness (QED) is 0.675. The van der Waals surface area contributed by atoms with E-state index in [0.717, 1.165) is 0 Å². The van der Waals surface area contributed by atoms with Crippen molar-refractivity contribution in [2.45, 2.75) is 45.4 Å². The summed E-state index contributed by atoms with van der Waals surface area (Å²) in [6.07, 6.45) is 4.00. The van der Waals surface area contributed by atoms with Crippen LogP contribution in [0, 0.1) is 6.92 Å². The third-order valence-corrected chi connectivity index (χ3v) is 3.90. The maximum Gasteiger partial charge on any atom is -0.00461 e. The van der Waals surface area contributed by atoms with E-state index in [0.29, 0.717) is 5.41 Å². The van der Waals surface area contributed by atoms with Gasteiger partial charge < -0.3 is 0 Å². The lowest BCUT2D eigenvalue weighted by atomic mass is 9.86. The maximum absolute atomic E-state index is 4.06. The summed E-state index contributed by atoms with van der Waals surface area (Å²) >= 11 is 0. The van der Waals surface area contributed by atoms with Crippen LogP contribution in [0.2, 0.25) is 0 Å². The van der Waals surface area contributed by atoms with Crippen LogP contribution in [0.3, 0.4) is 0 Å². The number of hydrogen-bond acceptors (Lipinski definition) is 0. The molecule has 0 heteroatoms. The van der Waals surface area contributed by atoms with E-state index in [2.05, 4.69) is 45.5 Å². The highest BCUT2D eigenvalue weighted by Crippen LogP contribution is 2.52. The van der Waals surface area contributed by atoms with Crippen molar-refractivity contribution in [1.29, 1.82) is 0 Å². The number of hydrogen-bond donors (Lipinski definition) is 0. The molecule has 0 saturated heterocycles. The first kappa shape index (κ1) is 10.5. The molecule has 0 amide bonds. The van der Waals surface area contributed by atoms with Crippen molar-refractivity contribution in [3.63, 3.8) is 0 Å². The Bertz CT molecular complexity index is 394. The van der Waals surface area contributed by atoms with Gasteiger partial charge >= 0.3 is 0 Å². The molecule has 0 nitrogen and oxygen atoms in total. The van der Waals surface area contributed by atoms with Crippen LogP contribution >= 0.6 is 0 Å². The Kier molecular flexibility index (Phi) is 2.46. The van der Waals surface area contributed by atoms with Gasteiger partial charge in [-0.05, 0) is 55.2 Å². The SMILES string of the molecule is C=C(C)c1cccc(C2(CC)CC2)c1C. The zero-order valence-electron chi connectivity index (χ0n) is 10.1. The van der Waals surface area contributed by atoms with Crippen molar-refractivity contribution < 1.29 is 0 Å². The summed E-state index contributed by atoms with van der Waals surface area (Å²) in [7, 11) is 0. The van der Waals surface area contributed by atoms with Crippen LogP contribution in [0.15, 0.2) is 24.8 Å². The molecule has 1 aromatic rings. The lowest BCUT2D eigenvalue weighted by molar-refractivity contribution is 0.659. The lowest BCUT2D eigenvalue weighted by Gasteiger charge is -2.18. The third kappa shape index (κ3) is 1.62. The van der Waals surface area contributed by atoms with Gasteiger partial charge in [0.2, 0.25) is 0 Å². The van der Waals surface area contributed by atoms with Gasteiger partial charge in [-0.2, -0.15) is 0 Å². The fourth-order valence-electron chi connectivity index (χ4n) is 2.64. The fraction of sp³-hybridized carbons (Fsp3) is 0.467. The molecule has 1 aliphatic carbocycles. The summed E-state index contributed by atoms with van der Waals surface area (Å²) in [6, 6.07) is 6.67. The summed E-state index contributed by atoms with van der Waals surface area (Å²) in [5.74, 6) is 0. The largest absolute Gasteiger partial charge is 0.0955 e. The average molecular weight is 200 g/mol. The lowest BCUT2D eigenvalue weighted by Crippen LogP contribution is -2.07. The molecule has 1 fully saturated rings. The van der Waals surface area contributed by atoms with Gasteiger partial charge in [0.1, 0.15) is 0 Å². The van der Waals surface area contributed by atoms with Gasteiger partial charge in [0.05, 0.1) is 0 Å². The Morgan fingerprint density at radius 2 is 2.07 bits per heavy atom. The second-order valence-corrected chi connectivity index (χ2v) is 4.89. The van der Waals surface area contributed by atoms with E-state index in [1.165, 1.54) is 36.0 Å². The van der Waals surface area contributed by atoms with Crippen molar-refractivity contribution in [1.82, 2.24) is 0 Å². The molecule has 0 radical (unpaired) electrons. The van der Waals surface area contributed by atoms with Crippen LogP contribution in [0.25, 0.3) is 5.57 Å². The van der Waals surface area contributed by atoms with Gasteiger partial charge in [-0.15, -0.1) is 0 Å². The molecule has 1 saturated carbocycles. The smallest absolute Gasteiger partial charge is 0.00461 e. The summed E-state index contributed by atoms with van der Waals surface area (Å²) in [6.45, 7) is 10.7. The molecule has 1 aliphatic rings. The molecular weight excluding hydrogens is 180 g/mol. The van der Waals surface area contributed by atoms with Crippen LogP contribution < -0.4 is 0 Å². The van der Waals surface area contributed by atoms with Gasteiger partial charge in [-0.25, -0.2) is 0 Å². The van der Waals surface area contributed by atoms with Crippen molar-refractivity contribution >= 4 is 5.57 Å². The average Bonchev–Trinajstić information content (AvgIpc) is 2.98. The van der Waals surface area contributed by atoms with Crippen LogP contribution in [0.5, 0.6) is 0 Å². The molecule has 0 unspecified atom stereocenters. The molecule has 0 bridgehead atoms. The number of rotatable bonds is 3. The third-order valence-electron chi connectivity index (χ3n) is 3.90. The Balaban J connectivity index is 2.50. The van der Waals surface area contributed by atoms with E-state index in [9.17, 15) is 0 Å². The molecule has 0 N–H and O–H groups in total. The van der Waals surface area contributed by atoms with E-state index in [1.54, 1.807) is 5.56 Å². The molecule has 2 rings (SSSR count). The first-order chi connectivity index (χ1) is 7.10. The Morgan fingerprint density at radius 3 is 2.53 bits per heavy atom. The molecule has 1 aromatic carbocycles. The van der Waals surface area contributed by atoms with Gasteiger partial charge in [0.25, 0.3) is 0 Å². The van der Waals surface area contributed by atoms with E-state index >= 15 is 0 Å². The Labute approximate surface area is 93.0 Å². The van der Waals surface area contributed by atoms with E-state index < -0.39 is 0 Å². The van der Waals surface area contributed by atoms with Gasteiger partial charge in [-0.1, -0.05) is 37.3 Å². The number of allylic oxidation sites excluding steroid dienone is 1. The minimum Gasteiger partial charge on any atom is -0.0955 e. The summed E-state index contributed by atoms with van der Waals surface area (Å²) in [4.78, 5) is 0. The van der Waals surface area contributed by atoms with E-state index in [4.69, 9.17) is 0 Å². The molecule has 15 heavy (non-hydrogen) atoms. The first-order valence-corrected chi connectivity index (χ1v) is 5.87. The van der Waals surface area contributed by atoms with Crippen molar-refractivity contribution in [2.75, 3.05) is 0 Å². The van der Waals surface area contributed by atoms with Gasteiger partial charge in [-0.3, -0.25) is 0 Å². The fourth-order valence-corrected chi connectivity index (χ4v) is 2.64. The van der Waals surface area contributed by atoms with Crippen molar-refractivity contribution in [3.05, 3.63) is 41.5 Å². The normalized spacial score (nSPS) is 17.5. The van der Waals surface area contributed by atoms with Crippen molar-refractivity contribution in [2.24, 2.45) is 0 Å². The predicted octanol–water partition coefficient (Wildman–Crippen LogP) is 4.47. The van der Waals surface area contributed by atoms with Crippen LogP contribution in [0.1, 0.15) is 49.8 Å². The van der Waals surface area contributed by atoms with E-state index in [1.807, 2.05) is 0 Å². The van der Waals surface area contributed by atoms with Crippen LogP contribution in [-0.2, 0) is 5.41 Å². The predicted molar refractivity (Wildman–Crippen MR) is 67.1 cm³/mol. The molecule has 80 valence electrons. The van der Waals surface area contributed by atoms with Crippen LogP contribution in [0.4, 0.5) is 0 Å². The number of benzene rings is 1. The highest BCUT2D eigenvalue weighted by Gasteiger charge is 2.43. The summed E-state index contributed by atoms with van der Waals surface area (Å²) in [5.41, 5.74) is 6.04. The maximum atomic E-state index is 4.06. The topological polar surface area (TPSA) is 0 Å². The second kappa shape index (κ2) is 3.52. The molecular formula is C15H20. The standard InChI is InChI=1S/C15H20/c1-5-15(9-10-15)14-8-6-7-13(11(2)3)12(14)4/h6-8H,2,5,9-10H2,1,3-4H3. The minimum atomic E-state index is 0.509. The zero-order valence-corrected chi connectivity index (χ0v) is 10.1. The molecule has 0 heterocycles. The molecule has 0 aromatic heterocycles. The van der Waals surface area contributed by atoms with E-state index in [-0.39, 0.29) is 0 Å². The Morgan fingerprint density at radius 1 is 1.40 bits per heavy atom. The van der Waals surface area contributed by atoms with Gasteiger partial charge in [0.15, 0.2) is 0 Å². The highest BCUT2D eigenvalue weighted by molar-refractivity contribution is 5.66. The monoisotopic (exact) mass is 200 g/mol. The molecule has 0 atom stereocenters. The Hall–Kier alpha value is -1.04. The minimum absolute atomic E-state index is 0.509. The van der Waals surface area contributed by atoms with Crippen molar-refractivity contribution in [3.8, 4) is 0 Å². The van der Waals surface area contributed by atoms with Crippen LogP contribution in [-0.4, -0.2) is 0 Å².